The lowest BCUT2D eigenvalue weighted by Gasteiger charge is -2.06. The molecule has 0 aromatic heterocycles. The molecule has 78 valence electrons. The zero-order chi connectivity index (χ0) is 11.4. The van der Waals surface area contributed by atoms with Crippen molar-refractivity contribution in [1.82, 2.24) is 0 Å². The van der Waals surface area contributed by atoms with E-state index in [0.29, 0.717) is 12.0 Å². The summed E-state index contributed by atoms with van der Waals surface area (Å²) in [6, 6.07) is 4.61. The quantitative estimate of drug-likeness (QED) is 0.744. The molecule has 15 heavy (non-hydrogen) atoms. The predicted octanol–water partition coefficient (Wildman–Crippen LogP) is 1.61. The number of carbonyl (C=O) groups is 1. The Balaban J connectivity index is 3.37. The van der Waals surface area contributed by atoms with E-state index in [4.69, 9.17) is 5.26 Å². The van der Waals surface area contributed by atoms with Crippen molar-refractivity contribution in [3.63, 3.8) is 0 Å². The monoisotopic (exact) mass is 205 g/mol. The molecule has 1 aromatic rings. The van der Waals surface area contributed by atoms with Crippen LogP contribution in [0.25, 0.3) is 0 Å². The first-order chi connectivity index (χ1) is 7.13. The fourth-order valence-corrected chi connectivity index (χ4v) is 1.29. The number of esters is 1. The summed E-state index contributed by atoms with van der Waals surface area (Å²) in [4.78, 5) is 11.3. The predicted molar refractivity (Wildman–Crippen MR) is 53.5 cm³/mol. The van der Waals surface area contributed by atoms with Gasteiger partial charge in [0, 0.05) is 0 Å². The van der Waals surface area contributed by atoms with E-state index in [0.717, 1.165) is 0 Å². The Morgan fingerprint density at radius 2 is 2.27 bits per heavy atom. The first-order valence-corrected chi connectivity index (χ1v) is 4.48. The lowest BCUT2D eigenvalue weighted by Crippen LogP contribution is -2.05. The maximum absolute atomic E-state index is 11.3. The van der Waals surface area contributed by atoms with Gasteiger partial charge in [-0.3, -0.25) is 0 Å². The molecular weight excluding hydrogens is 194 g/mol. The number of benzene rings is 1. The van der Waals surface area contributed by atoms with E-state index in [-0.39, 0.29) is 16.9 Å². The standard InChI is InChI=1S/C11H11NO3/c1-3-7-4-9(11(14)15-2)8(6-12)5-10(7)13/h4-5,13H,3H2,1-2H3. The highest BCUT2D eigenvalue weighted by atomic mass is 16.5. The van der Waals surface area contributed by atoms with Crippen LogP contribution in [0.1, 0.15) is 28.4 Å². The van der Waals surface area contributed by atoms with Gasteiger partial charge in [-0.2, -0.15) is 5.26 Å². The average Bonchev–Trinajstić information content (AvgIpc) is 2.27. The van der Waals surface area contributed by atoms with Crippen molar-refractivity contribution in [2.75, 3.05) is 7.11 Å². The van der Waals surface area contributed by atoms with Crippen LogP contribution < -0.4 is 0 Å². The Bertz CT molecular complexity index is 432. The van der Waals surface area contributed by atoms with E-state index in [1.54, 1.807) is 0 Å². The van der Waals surface area contributed by atoms with Crippen LogP contribution in [-0.4, -0.2) is 18.2 Å². The van der Waals surface area contributed by atoms with Gasteiger partial charge < -0.3 is 9.84 Å². The van der Waals surface area contributed by atoms with Crippen molar-refractivity contribution in [3.8, 4) is 11.8 Å². The number of rotatable bonds is 2. The molecule has 0 unspecified atom stereocenters. The molecule has 0 spiro atoms. The number of carbonyl (C=O) groups excluding carboxylic acids is 1. The third-order valence-electron chi connectivity index (χ3n) is 2.13. The summed E-state index contributed by atoms with van der Waals surface area (Å²) in [5.74, 6) is -0.539. The van der Waals surface area contributed by atoms with Gasteiger partial charge in [-0.1, -0.05) is 6.92 Å². The number of phenolic OH excluding ortho intramolecular Hbond substituents is 1. The number of nitrogens with zero attached hydrogens (tertiary/aromatic N) is 1. The molecule has 0 heterocycles. The van der Waals surface area contributed by atoms with Crippen LogP contribution >= 0.6 is 0 Å². The normalized spacial score (nSPS) is 9.40. The molecule has 0 atom stereocenters. The Hall–Kier alpha value is -2.02. The third kappa shape index (κ3) is 2.08. The van der Waals surface area contributed by atoms with Gasteiger partial charge in [0.1, 0.15) is 11.8 Å². The highest BCUT2D eigenvalue weighted by Gasteiger charge is 2.14. The van der Waals surface area contributed by atoms with E-state index in [2.05, 4.69) is 4.74 Å². The van der Waals surface area contributed by atoms with Gasteiger partial charge in [0.15, 0.2) is 0 Å². The number of hydrogen-bond acceptors (Lipinski definition) is 4. The van der Waals surface area contributed by atoms with Gasteiger partial charge in [0.05, 0.1) is 18.2 Å². The summed E-state index contributed by atoms with van der Waals surface area (Å²) in [6.07, 6.45) is 0.585. The van der Waals surface area contributed by atoms with E-state index in [1.165, 1.54) is 19.2 Å². The van der Waals surface area contributed by atoms with E-state index >= 15 is 0 Å². The number of aryl methyl sites for hydroxylation is 1. The second kappa shape index (κ2) is 4.47. The number of phenols is 1. The Kier molecular flexibility index (Phi) is 3.29. The number of hydrogen-bond donors (Lipinski definition) is 1. The van der Waals surface area contributed by atoms with E-state index < -0.39 is 5.97 Å². The molecule has 0 aliphatic carbocycles. The molecule has 1 rings (SSSR count). The zero-order valence-corrected chi connectivity index (χ0v) is 8.57. The second-order valence-corrected chi connectivity index (χ2v) is 2.98. The number of nitriles is 1. The average molecular weight is 205 g/mol. The smallest absolute Gasteiger partial charge is 0.339 e. The molecule has 0 aliphatic heterocycles. The van der Waals surface area contributed by atoms with Crippen molar-refractivity contribution in [2.45, 2.75) is 13.3 Å². The largest absolute Gasteiger partial charge is 0.508 e. The van der Waals surface area contributed by atoms with Crippen LogP contribution in [0, 0.1) is 11.3 Å². The molecule has 4 nitrogen and oxygen atoms in total. The summed E-state index contributed by atoms with van der Waals surface area (Å²) in [6.45, 7) is 1.85. The minimum Gasteiger partial charge on any atom is -0.508 e. The molecule has 4 heteroatoms. The van der Waals surface area contributed by atoms with Gasteiger partial charge in [-0.05, 0) is 24.1 Å². The molecule has 0 amide bonds. The number of methoxy groups -OCH3 is 1. The van der Waals surface area contributed by atoms with Crippen molar-refractivity contribution < 1.29 is 14.6 Å². The molecule has 0 aliphatic rings. The van der Waals surface area contributed by atoms with Crippen LogP contribution in [0.2, 0.25) is 0 Å². The highest BCUT2D eigenvalue weighted by Crippen LogP contribution is 2.23. The maximum atomic E-state index is 11.3. The number of aromatic hydroxyl groups is 1. The summed E-state index contributed by atoms with van der Waals surface area (Å²) >= 11 is 0. The van der Waals surface area contributed by atoms with Crippen LogP contribution in [0.5, 0.6) is 5.75 Å². The van der Waals surface area contributed by atoms with Crippen LogP contribution in [0.15, 0.2) is 12.1 Å². The summed E-state index contributed by atoms with van der Waals surface area (Å²) < 4.78 is 4.55. The fourth-order valence-electron chi connectivity index (χ4n) is 1.29. The van der Waals surface area contributed by atoms with Crippen molar-refractivity contribution in [1.29, 1.82) is 5.26 Å². The molecule has 0 saturated heterocycles. The Morgan fingerprint density at radius 3 is 2.73 bits per heavy atom. The molecule has 0 saturated carbocycles. The maximum Gasteiger partial charge on any atom is 0.339 e. The topological polar surface area (TPSA) is 70.3 Å². The molecule has 0 bridgehead atoms. The molecular formula is C11H11NO3. The van der Waals surface area contributed by atoms with Crippen molar-refractivity contribution in [2.24, 2.45) is 0 Å². The van der Waals surface area contributed by atoms with Gasteiger partial charge in [-0.25, -0.2) is 4.79 Å². The molecule has 0 radical (unpaired) electrons. The van der Waals surface area contributed by atoms with Gasteiger partial charge >= 0.3 is 5.97 Å². The lowest BCUT2D eigenvalue weighted by molar-refractivity contribution is 0.0600. The minimum atomic E-state index is -0.568. The zero-order valence-electron chi connectivity index (χ0n) is 8.57. The lowest BCUT2D eigenvalue weighted by atomic mass is 10.0. The van der Waals surface area contributed by atoms with Crippen molar-refractivity contribution >= 4 is 5.97 Å². The second-order valence-electron chi connectivity index (χ2n) is 2.98. The number of ether oxygens (including phenoxy) is 1. The summed E-state index contributed by atoms with van der Waals surface area (Å²) in [5, 5.41) is 18.3. The molecule has 1 aromatic carbocycles. The van der Waals surface area contributed by atoms with Crippen LogP contribution in [-0.2, 0) is 11.2 Å². The highest BCUT2D eigenvalue weighted by molar-refractivity contribution is 5.92. The summed E-state index contributed by atoms with van der Waals surface area (Å²) in [5.41, 5.74) is 0.931. The van der Waals surface area contributed by atoms with E-state index in [9.17, 15) is 9.90 Å². The van der Waals surface area contributed by atoms with Crippen LogP contribution in [0.4, 0.5) is 0 Å². The molecule has 1 N–H and O–H groups in total. The van der Waals surface area contributed by atoms with Gasteiger partial charge in [-0.15, -0.1) is 0 Å². The van der Waals surface area contributed by atoms with Crippen molar-refractivity contribution in [3.05, 3.63) is 28.8 Å². The third-order valence-corrected chi connectivity index (χ3v) is 2.13. The van der Waals surface area contributed by atoms with Gasteiger partial charge in [0.25, 0.3) is 0 Å². The van der Waals surface area contributed by atoms with E-state index in [1.807, 2.05) is 13.0 Å². The fraction of sp³-hybridized carbons (Fsp3) is 0.273. The Labute approximate surface area is 87.7 Å². The van der Waals surface area contributed by atoms with Crippen LogP contribution in [0.3, 0.4) is 0 Å². The SMILES string of the molecule is CCc1cc(C(=O)OC)c(C#N)cc1O. The molecule has 0 fully saturated rings. The summed E-state index contributed by atoms with van der Waals surface area (Å²) in [7, 11) is 1.25. The first-order valence-electron chi connectivity index (χ1n) is 4.48. The Morgan fingerprint density at radius 1 is 1.60 bits per heavy atom. The van der Waals surface area contributed by atoms with Gasteiger partial charge in [0.2, 0.25) is 0 Å². The minimum absolute atomic E-state index is 0.0294. The first kappa shape index (κ1) is 11.1.